The zero-order valence-corrected chi connectivity index (χ0v) is 10.3. The van der Waals surface area contributed by atoms with Gasteiger partial charge in [0.2, 0.25) is 0 Å². The topological polar surface area (TPSA) is 52.3 Å². The minimum atomic E-state index is -0.332. The van der Waals surface area contributed by atoms with Crippen molar-refractivity contribution in [3.8, 4) is 0 Å². The number of hydrogen-bond acceptors (Lipinski definition) is 3. The highest BCUT2D eigenvalue weighted by molar-refractivity contribution is 5.63. The second-order valence-electron chi connectivity index (χ2n) is 5.03. The van der Waals surface area contributed by atoms with E-state index in [9.17, 15) is 4.79 Å². The molecule has 1 rings (SSSR count). The molecule has 0 saturated heterocycles. The molecule has 0 radical (unpaired) electrons. The summed E-state index contributed by atoms with van der Waals surface area (Å²) in [7, 11) is 0. The van der Waals surface area contributed by atoms with Gasteiger partial charge < -0.3 is 10.5 Å². The molecule has 0 aliphatic heterocycles. The second kappa shape index (κ2) is 4.69. The zero-order chi connectivity index (χ0) is 12.3. The van der Waals surface area contributed by atoms with Gasteiger partial charge in [-0.05, 0) is 33.8 Å². The third-order valence-electron chi connectivity index (χ3n) is 2.26. The fraction of sp³-hybridized carbons (Fsp3) is 0.538. The predicted octanol–water partition coefficient (Wildman–Crippen LogP) is 1.98. The van der Waals surface area contributed by atoms with Crippen molar-refractivity contribution in [2.75, 3.05) is 0 Å². The molecule has 1 aliphatic carbocycles. The van der Waals surface area contributed by atoms with E-state index in [1.807, 2.05) is 45.8 Å². The van der Waals surface area contributed by atoms with Crippen LogP contribution in [0.4, 0.5) is 0 Å². The van der Waals surface area contributed by atoms with Crippen LogP contribution >= 0.6 is 0 Å². The van der Waals surface area contributed by atoms with Gasteiger partial charge in [-0.25, -0.2) is 4.79 Å². The molecule has 0 aromatic carbocycles. The Kier molecular flexibility index (Phi) is 3.74. The van der Waals surface area contributed by atoms with Gasteiger partial charge in [-0.15, -0.1) is 0 Å². The highest BCUT2D eigenvalue weighted by Crippen LogP contribution is 2.29. The third-order valence-corrected chi connectivity index (χ3v) is 2.26. The molecular formula is C13H19NO2. The van der Waals surface area contributed by atoms with E-state index in [1.165, 1.54) is 0 Å². The Morgan fingerprint density at radius 3 is 2.56 bits per heavy atom. The summed E-state index contributed by atoms with van der Waals surface area (Å²) in [6.45, 7) is 7.69. The van der Waals surface area contributed by atoms with Gasteiger partial charge in [-0.3, -0.25) is 0 Å². The number of hydrogen-bond donors (Lipinski definition) is 1. The fourth-order valence-corrected chi connectivity index (χ4v) is 1.59. The van der Waals surface area contributed by atoms with Crippen molar-refractivity contribution in [1.29, 1.82) is 0 Å². The number of carbonyl (C=O) groups excluding carboxylic acids is 1. The summed E-state index contributed by atoms with van der Waals surface area (Å²) in [6.07, 6.45) is 5.56. The highest BCUT2D eigenvalue weighted by Gasteiger charge is 2.26. The first-order valence-electron chi connectivity index (χ1n) is 5.43. The van der Waals surface area contributed by atoms with Crippen molar-refractivity contribution in [2.24, 2.45) is 11.7 Å². The lowest BCUT2D eigenvalue weighted by Gasteiger charge is -2.28. The first kappa shape index (κ1) is 12.8. The van der Waals surface area contributed by atoms with Gasteiger partial charge in [0.15, 0.2) is 0 Å². The van der Waals surface area contributed by atoms with Gasteiger partial charge in [0.05, 0.1) is 5.57 Å². The van der Waals surface area contributed by atoms with Crippen LogP contribution in [0.5, 0.6) is 0 Å². The lowest BCUT2D eigenvalue weighted by Crippen LogP contribution is -2.30. The fourth-order valence-electron chi connectivity index (χ4n) is 1.59. The number of allylic oxidation sites excluding steroid dienone is 3. The first-order valence-corrected chi connectivity index (χ1v) is 5.43. The van der Waals surface area contributed by atoms with Crippen LogP contribution < -0.4 is 5.73 Å². The van der Waals surface area contributed by atoms with Crippen molar-refractivity contribution < 1.29 is 9.53 Å². The summed E-state index contributed by atoms with van der Waals surface area (Å²) < 4.78 is 5.72. The van der Waals surface area contributed by atoms with Crippen molar-refractivity contribution in [1.82, 2.24) is 0 Å². The Labute approximate surface area is 96.7 Å². The SMILES string of the molecule is C[C@H](N)C1C=CC=C(OC(C)(C)C)C1=C=O. The summed E-state index contributed by atoms with van der Waals surface area (Å²) in [4.78, 5) is 11.0. The van der Waals surface area contributed by atoms with Crippen LogP contribution in [0, 0.1) is 5.92 Å². The van der Waals surface area contributed by atoms with E-state index in [0.717, 1.165) is 0 Å². The molecule has 0 saturated carbocycles. The van der Waals surface area contributed by atoms with Gasteiger partial charge in [0.1, 0.15) is 17.3 Å². The maximum Gasteiger partial charge on any atom is 0.134 e. The molecule has 0 heterocycles. The molecule has 88 valence electrons. The molecule has 2 N–H and O–H groups in total. The number of rotatable bonds is 2. The molecule has 0 bridgehead atoms. The van der Waals surface area contributed by atoms with Crippen LogP contribution in [0.25, 0.3) is 0 Å². The molecule has 0 fully saturated rings. The molecule has 0 amide bonds. The molecule has 3 heteroatoms. The van der Waals surface area contributed by atoms with E-state index in [2.05, 4.69) is 0 Å². The van der Waals surface area contributed by atoms with Crippen LogP contribution in [0.3, 0.4) is 0 Å². The van der Waals surface area contributed by atoms with Crippen molar-refractivity contribution in [3.05, 3.63) is 29.6 Å². The molecule has 2 atom stereocenters. The van der Waals surface area contributed by atoms with Gasteiger partial charge in [-0.1, -0.05) is 12.2 Å². The Balaban J connectivity index is 2.98. The van der Waals surface area contributed by atoms with E-state index in [1.54, 1.807) is 6.08 Å². The number of nitrogens with two attached hydrogens (primary N) is 1. The van der Waals surface area contributed by atoms with Crippen LogP contribution in [-0.4, -0.2) is 17.6 Å². The molecule has 0 aromatic rings. The smallest absolute Gasteiger partial charge is 0.134 e. The average molecular weight is 221 g/mol. The summed E-state index contributed by atoms with van der Waals surface area (Å²) in [5.41, 5.74) is 6.00. The first-order chi connectivity index (χ1) is 7.35. The van der Waals surface area contributed by atoms with E-state index in [-0.39, 0.29) is 17.6 Å². The van der Waals surface area contributed by atoms with Crippen molar-refractivity contribution in [2.45, 2.75) is 39.3 Å². The van der Waals surface area contributed by atoms with E-state index >= 15 is 0 Å². The molecule has 16 heavy (non-hydrogen) atoms. The average Bonchev–Trinajstić information content (AvgIpc) is 2.14. The van der Waals surface area contributed by atoms with Crippen LogP contribution in [0.2, 0.25) is 0 Å². The third kappa shape index (κ3) is 3.09. The quantitative estimate of drug-likeness (QED) is 0.725. The summed E-state index contributed by atoms with van der Waals surface area (Å²) in [5, 5.41) is 0. The highest BCUT2D eigenvalue weighted by atomic mass is 16.5. The Morgan fingerprint density at radius 1 is 1.50 bits per heavy atom. The lowest BCUT2D eigenvalue weighted by molar-refractivity contribution is 0.0553. The van der Waals surface area contributed by atoms with E-state index in [4.69, 9.17) is 10.5 Å². The van der Waals surface area contributed by atoms with Crippen LogP contribution in [0.1, 0.15) is 27.7 Å². The normalized spacial score (nSPS) is 22.4. The molecule has 0 aromatic heterocycles. The van der Waals surface area contributed by atoms with Crippen molar-refractivity contribution in [3.63, 3.8) is 0 Å². The molecule has 3 nitrogen and oxygen atoms in total. The molecule has 0 spiro atoms. The van der Waals surface area contributed by atoms with Gasteiger partial charge in [-0.2, -0.15) is 0 Å². The maximum absolute atomic E-state index is 11.0. The van der Waals surface area contributed by atoms with Gasteiger partial charge in [0.25, 0.3) is 0 Å². The Hall–Kier alpha value is -1.31. The Morgan fingerprint density at radius 2 is 2.12 bits per heavy atom. The summed E-state index contributed by atoms with van der Waals surface area (Å²) in [5.74, 6) is 2.42. The minimum Gasteiger partial charge on any atom is -0.487 e. The molecule has 1 aliphatic rings. The largest absolute Gasteiger partial charge is 0.487 e. The Bertz CT molecular complexity index is 366. The molecule has 1 unspecified atom stereocenters. The summed E-state index contributed by atoms with van der Waals surface area (Å²) in [6, 6.07) is -0.125. The van der Waals surface area contributed by atoms with E-state index in [0.29, 0.717) is 11.3 Å². The molecular weight excluding hydrogens is 202 g/mol. The van der Waals surface area contributed by atoms with Crippen molar-refractivity contribution >= 4 is 5.94 Å². The van der Waals surface area contributed by atoms with Crippen LogP contribution in [0.15, 0.2) is 29.6 Å². The monoisotopic (exact) mass is 221 g/mol. The standard InChI is InChI=1S/C13H19NO2/c1-9(14)10-6-5-7-12(11(10)8-15)16-13(2,3)4/h5-7,9-10H,14H2,1-4H3/t9-,10?/m0/s1. The summed E-state index contributed by atoms with van der Waals surface area (Å²) >= 11 is 0. The maximum atomic E-state index is 11.0. The van der Waals surface area contributed by atoms with Gasteiger partial charge >= 0.3 is 0 Å². The predicted molar refractivity (Wildman–Crippen MR) is 64.4 cm³/mol. The van der Waals surface area contributed by atoms with Crippen LogP contribution in [-0.2, 0) is 9.53 Å². The minimum absolute atomic E-state index is 0.111. The van der Waals surface area contributed by atoms with E-state index < -0.39 is 0 Å². The second-order valence-corrected chi connectivity index (χ2v) is 5.03. The zero-order valence-electron chi connectivity index (χ0n) is 10.3. The van der Waals surface area contributed by atoms with Gasteiger partial charge in [0, 0.05) is 12.0 Å². The lowest BCUT2D eigenvalue weighted by atomic mass is 9.88. The number of ether oxygens (including phenoxy) is 1.